The fourth-order valence-electron chi connectivity index (χ4n) is 7.29. The predicted octanol–water partition coefficient (Wildman–Crippen LogP) is 11.3. The van der Waals surface area contributed by atoms with Crippen molar-refractivity contribution in [2.45, 2.75) is 0 Å². The summed E-state index contributed by atoms with van der Waals surface area (Å²) in [6.07, 6.45) is 0. The summed E-state index contributed by atoms with van der Waals surface area (Å²) in [5.74, 6) is 0. The summed E-state index contributed by atoms with van der Waals surface area (Å²) < 4.78 is 8.75. The van der Waals surface area contributed by atoms with Gasteiger partial charge < -0.3 is 13.9 Å². The van der Waals surface area contributed by atoms with Crippen LogP contribution >= 0.6 is 0 Å². The van der Waals surface area contributed by atoms with Crippen molar-refractivity contribution in [1.82, 2.24) is 4.57 Å². The topological polar surface area (TPSA) is 21.3 Å². The molecule has 2 aromatic heterocycles. The summed E-state index contributed by atoms with van der Waals surface area (Å²) >= 11 is 0. The molecule has 0 amide bonds. The number of benzene rings is 7. The van der Waals surface area contributed by atoms with Gasteiger partial charge in [0.05, 0.1) is 28.1 Å². The molecule has 1 aliphatic rings. The first-order valence-corrected chi connectivity index (χ1v) is 14.7. The van der Waals surface area contributed by atoms with Crippen LogP contribution in [-0.4, -0.2) is 4.57 Å². The van der Waals surface area contributed by atoms with Crippen molar-refractivity contribution in [3.05, 3.63) is 146 Å². The highest BCUT2D eigenvalue weighted by Crippen LogP contribution is 2.51. The molecule has 43 heavy (non-hydrogen) atoms. The molecule has 0 aliphatic carbocycles. The molecule has 7 aromatic carbocycles. The lowest BCUT2D eigenvalue weighted by Gasteiger charge is -2.34. The van der Waals surface area contributed by atoms with Gasteiger partial charge in [0.25, 0.3) is 0 Å². The van der Waals surface area contributed by atoms with E-state index in [4.69, 9.17) is 4.42 Å². The van der Waals surface area contributed by atoms with E-state index in [1.807, 2.05) is 12.1 Å². The molecule has 0 radical (unpaired) electrons. The highest BCUT2D eigenvalue weighted by molar-refractivity contribution is 6.19. The van der Waals surface area contributed by atoms with E-state index in [2.05, 4.69) is 143 Å². The van der Waals surface area contributed by atoms with Crippen LogP contribution in [0.5, 0.6) is 0 Å². The van der Waals surface area contributed by atoms with Gasteiger partial charge >= 0.3 is 0 Å². The average Bonchev–Trinajstić information content (AvgIpc) is 3.62. The lowest BCUT2D eigenvalue weighted by Crippen LogP contribution is -2.18. The number of para-hydroxylation sites is 4. The number of furan rings is 1. The third-order valence-corrected chi connectivity index (χ3v) is 9.08. The third-order valence-electron chi connectivity index (χ3n) is 9.08. The van der Waals surface area contributed by atoms with Crippen LogP contribution in [0.25, 0.3) is 71.3 Å². The van der Waals surface area contributed by atoms with Crippen molar-refractivity contribution in [2.24, 2.45) is 0 Å². The maximum atomic E-state index is 6.26. The van der Waals surface area contributed by atoms with Gasteiger partial charge in [0.15, 0.2) is 0 Å². The van der Waals surface area contributed by atoms with E-state index in [1.54, 1.807) is 0 Å². The monoisotopic (exact) mass is 548 g/mol. The SMILES string of the molecule is c1ccc(N2c3ccc4ccc(-c5cccc6oc7ccccc7c56)cc4c3-n3c4ccccc4c4cccc2c43)cc1. The van der Waals surface area contributed by atoms with Crippen LogP contribution in [0.1, 0.15) is 0 Å². The number of fused-ring (bicyclic) bond motifs is 10. The predicted molar refractivity (Wildman–Crippen MR) is 179 cm³/mol. The Balaban J connectivity index is 1.35. The largest absolute Gasteiger partial charge is 0.456 e. The molecule has 3 heterocycles. The number of hydrogen-bond donors (Lipinski definition) is 0. The van der Waals surface area contributed by atoms with E-state index in [-0.39, 0.29) is 0 Å². The Labute approximate surface area is 247 Å². The number of hydrogen-bond acceptors (Lipinski definition) is 2. The first-order chi connectivity index (χ1) is 21.3. The zero-order chi connectivity index (χ0) is 28.1. The smallest absolute Gasteiger partial charge is 0.136 e. The fraction of sp³-hybridized carbons (Fsp3) is 0. The lowest BCUT2D eigenvalue weighted by molar-refractivity contribution is 0.669. The molecule has 0 saturated heterocycles. The Kier molecular flexibility index (Phi) is 4.45. The van der Waals surface area contributed by atoms with Gasteiger partial charge in [-0.3, -0.25) is 0 Å². The van der Waals surface area contributed by atoms with Crippen molar-refractivity contribution in [3.63, 3.8) is 0 Å². The van der Waals surface area contributed by atoms with E-state index in [9.17, 15) is 0 Å². The molecule has 1 aliphatic heterocycles. The maximum Gasteiger partial charge on any atom is 0.136 e. The Morgan fingerprint density at radius 3 is 2.16 bits per heavy atom. The van der Waals surface area contributed by atoms with Crippen LogP contribution in [-0.2, 0) is 0 Å². The maximum absolute atomic E-state index is 6.26. The Morgan fingerprint density at radius 2 is 1.23 bits per heavy atom. The summed E-state index contributed by atoms with van der Waals surface area (Å²) in [5.41, 5.74) is 11.4. The number of rotatable bonds is 2. The molecule has 0 fully saturated rings. The molecule has 0 saturated carbocycles. The normalized spacial score (nSPS) is 12.6. The van der Waals surface area contributed by atoms with Crippen molar-refractivity contribution in [2.75, 3.05) is 4.90 Å². The van der Waals surface area contributed by atoms with Gasteiger partial charge in [-0.05, 0) is 65.0 Å². The van der Waals surface area contributed by atoms with E-state index in [0.717, 1.165) is 27.6 Å². The van der Waals surface area contributed by atoms with Crippen molar-refractivity contribution < 1.29 is 4.42 Å². The molecule has 9 aromatic rings. The summed E-state index contributed by atoms with van der Waals surface area (Å²) in [7, 11) is 0. The number of anilines is 3. The highest BCUT2D eigenvalue weighted by atomic mass is 16.3. The molecule has 10 rings (SSSR count). The zero-order valence-corrected chi connectivity index (χ0v) is 23.2. The molecule has 0 unspecified atom stereocenters. The standard InChI is InChI=1S/C40H24N2O/c1-2-10-27(11-3-1)41-34-17-8-15-30-29-12-4-6-16-33(29)42(39(30)34)40-32-24-26(21-20-25(32)22-23-35(40)41)28-14-9-19-37-38(28)31-13-5-7-18-36(31)43-37/h1-24H. The second-order valence-corrected chi connectivity index (χ2v) is 11.3. The summed E-state index contributed by atoms with van der Waals surface area (Å²) in [6, 6.07) is 52.4. The van der Waals surface area contributed by atoms with E-state index in [0.29, 0.717) is 0 Å². The van der Waals surface area contributed by atoms with Crippen molar-refractivity contribution in [3.8, 4) is 16.8 Å². The fourth-order valence-corrected chi connectivity index (χ4v) is 7.29. The Morgan fingerprint density at radius 1 is 0.488 bits per heavy atom. The Bertz CT molecular complexity index is 2570. The quantitative estimate of drug-likeness (QED) is 0.214. The van der Waals surface area contributed by atoms with E-state index in [1.165, 1.54) is 60.8 Å². The van der Waals surface area contributed by atoms with Gasteiger partial charge in [-0.1, -0.05) is 97.1 Å². The van der Waals surface area contributed by atoms with Crippen LogP contribution in [0.3, 0.4) is 0 Å². The van der Waals surface area contributed by atoms with Crippen LogP contribution < -0.4 is 4.90 Å². The van der Waals surface area contributed by atoms with Gasteiger partial charge in [-0.25, -0.2) is 0 Å². The highest BCUT2D eigenvalue weighted by Gasteiger charge is 2.29. The minimum atomic E-state index is 0.913. The van der Waals surface area contributed by atoms with Crippen LogP contribution in [0.15, 0.2) is 150 Å². The van der Waals surface area contributed by atoms with Crippen LogP contribution in [0, 0.1) is 0 Å². The molecule has 200 valence electrons. The Hall–Kier alpha value is -5.80. The van der Waals surface area contributed by atoms with E-state index >= 15 is 0 Å². The summed E-state index contributed by atoms with van der Waals surface area (Å²) in [5, 5.41) is 7.27. The third kappa shape index (κ3) is 3.03. The lowest BCUT2D eigenvalue weighted by atomic mass is 9.95. The van der Waals surface area contributed by atoms with Gasteiger partial charge in [0, 0.05) is 32.6 Å². The minimum Gasteiger partial charge on any atom is -0.456 e. The van der Waals surface area contributed by atoms with Crippen molar-refractivity contribution in [1.29, 1.82) is 0 Å². The van der Waals surface area contributed by atoms with E-state index < -0.39 is 0 Å². The molecule has 3 heteroatoms. The van der Waals surface area contributed by atoms with Gasteiger partial charge in [-0.2, -0.15) is 0 Å². The van der Waals surface area contributed by atoms with Crippen LogP contribution in [0.2, 0.25) is 0 Å². The number of aromatic nitrogens is 1. The van der Waals surface area contributed by atoms with Gasteiger partial charge in [0.2, 0.25) is 0 Å². The first-order valence-electron chi connectivity index (χ1n) is 14.7. The minimum absolute atomic E-state index is 0.913. The number of nitrogens with zero attached hydrogens (tertiary/aromatic N) is 2. The molecule has 0 spiro atoms. The molecule has 3 nitrogen and oxygen atoms in total. The second kappa shape index (κ2) is 8.37. The second-order valence-electron chi connectivity index (χ2n) is 11.3. The summed E-state index contributed by atoms with van der Waals surface area (Å²) in [4.78, 5) is 2.42. The average molecular weight is 549 g/mol. The molecule has 0 N–H and O–H groups in total. The first kappa shape index (κ1) is 22.8. The van der Waals surface area contributed by atoms with Crippen LogP contribution in [0.4, 0.5) is 17.1 Å². The summed E-state index contributed by atoms with van der Waals surface area (Å²) in [6.45, 7) is 0. The van der Waals surface area contributed by atoms with Crippen molar-refractivity contribution >= 4 is 71.6 Å². The molecule has 0 atom stereocenters. The molecular formula is C40H24N2O. The van der Waals surface area contributed by atoms with Gasteiger partial charge in [0.1, 0.15) is 11.2 Å². The van der Waals surface area contributed by atoms with Gasteiger partial charge in [-0.15, -0.1) is 0 Å². The molecule has 0 bridgehead atoms. The molecular weight excluding hydrogens is 524 g/mol. The zero-order valence-electron chi connectivity index (χ0n) is 23.2.